The predicted octanol–water partition coefficient (Wildman–Crippen LogP) is 2.69. The molecular weight excluding hydrogens is 272 g/mol. The van der Waals surface area contributed by atoms with Gasteiger partial charge in [0.05, 0.1) is 12.2 Å². The molecule has 2 rings (SSSR count). The summed E-state index contributed by atoms with van der Waals surface area (Å²) in [5.41, 5.74) is 4.29. The molecule has 1 fully saturated rings. The van der Waals surface area contributed by atoms with Crippen LogP contribution >= 0.6 is 0 Å². The lowest BCUT2D eigenvalue weighted by atomic mass is 9.78. The van der Waals surface area contributed by atoms with Gasteiger partial charge in [0.15, 0.2) is 0 Å². The summed E-state index contributed by atoms with van der Waals surface area (Å²) in [5.74, 6) is 0. The van der Waals surface area contributed by atoms with Gasteiger partial charge in [-0.15, -0.1) is 0 Å². The number of rotatable bonds is 3. The van der Waals surface area contributed by atoms with Gasteiger partial charge >= 0.3 is 0 Å². The molecule has 1 aliphatic rings. The van der Waals surface area contributed by atoms with Gasteiger partial charge in [-0.05, 0) is 12.3 Å². The fraction of sp³-hybridized carbons (Fsp3) is 0.833. The maximum Gasteiger partial charge on any atom is 0.0634 e. The number of aromatic nitrogens is 2. The van der Waals surface area contributed by atoms with Gasteiger partial charge in [0.2, 0.25) is 0 Å². The molecule has 1 N–H and O–H groups in total. The highest BCUT2D eigenvalue weighted by atomic mass is 15.3. The van der Waals surface area contributed by atoms with Gasteiger partial charge in [-0.3, -0.25) is 9.58 Å². The van der Waals surface area contributed by atoms with E-state index in [4.69, 9.17) is 5.10 Å². The molecule has 1 aromatic rings. The standard InChI is InChI=1S/C18H34N4/c1-14-15(17(2,3)4)16(18(5,6)7)22(20-14)13-12-21-10-8-19-9-11-21/h19H,8-13H2,1-7H3. The number of piperazine rings is 1. The molecule has 0 atom stereocenters. The van der Waals surface area contributed by atoms with Crippen LogP contribution in [-0.2, 0) is 17.4 Å². The molecule has 0 radical (unpaired) electrons. The monoisotopic (exact) mass is 306 g/mol. The summed E-state index contributed by atoms with van der Waals surface area (Å²) in [5, 5.41) is 8.32. The Hall–Kier alpha value is -0.870. The number of nitrogens with one attached hydrogen (secondary N) is 1. The summed E-state index contributed by atoms with van der Waals surface area (Å²) in [6.45, 7) is 22.6. The van der Waals surface area contributed by atoms with Crippen molar-refractivity contribution in [2.45, 2.75) is 65.8 Å². The fourth-order valence-electron chi connectivity index (χ4n) is 3.57. The maximum atomic E-state index is 4.90. The molecule has 22 heavy (non-hydrogen) atoms. The van der Waals surface area contributed by atoms with Gasteiger partial charge in [-0.2, -0.15) is 5.10 Å². The second kappa shape index (κ2) is 6.32. The molecule has 1 saturated heterocycles. The first kappa shape index (κ1) is 17.5. The van der Waals surface area contributed by atoms with Crippen molar-refractivity contribution in [2.24, 2.45) is 0 Å². The third-order valence-electron chi connectivity index (χ3n) is 4.43. The second-order valence-corrected chi connectivity index (χ2v) is 8.62. The van der Waals surface area contributed by atoms with E-state index in [1.165, 1.54) is 17.0 Å². The minimum Gasteiger partial charge on any atom is -0.314 e. The summed E-state index contributed by atoms with van der Waals surface area (Å²) in [7, 11) is 0. The first-order chi connectivity index (χ1) is 10.1. The van der Waals surface area contributed by atoms with Crippen LogP contribution in [0.3, 0.4) is 0 Å². The Labute approximate surface area is 136 Å². The van der Waals surface area contributed by atoms with Gasteiger partial charge in [0, 0.05) is 49.4 Å². The van der Waals surface area contributed by atoms with Crippen molar-refractivity contribution in [1.29, 1.82) is 0 Å². The van der Waals surface area contributed by atoms with Crippen LogP contribution in [0.15, 0.2) is 0 Å². The Morgan fingerprint density at radius 3 is 2.05 bits per heavy atom. The predicted molar refractivity (Wildman–Crippen MR) is 93.7 cm³/mol. The van der Waals surface area contributed by atoms with Crippen molar-refractivity contribution in [3.8, 4) is 0 Å². The number of nitrogens with zero attached hydrogens (tertiary/aromatic N) is 3. The van der Waals surface area contributed by atoms with Gasteiger partial charge in [-0.25, -0.2) is 0 Å². The van der Waals surface area contributed by atoms with Gasteiger partial charge in [-0.1, -0.05) is 41.5 Å². The van der Waals surface area contributed by atoms with E-state index in [0.29, 0.717) is 0 Å². The van der Waals surface area contributed by atoms with E-state index < -0.39 is 0 Å². The van der Waals surface area contributed by atoms with E-state index in [9.17, 15) is 0 Å². The van der Waals surface area contributed by atoms with Crippen LogP contribution in [-0.4, -0.2) is 47.4 Å². The molecule has 0 unspecified atom stereocenters. The zero-order chi connectivity index (χ0) is 16.5. The van der Waals surface area contributed by atoms with Crippen molar-refractivity contribution >= 4 is 0 Å². The first-order valence-electron chi connectivity index (χ1n) is 8.62. The minimum absolute atomic E-state index is 0.118. The molecule has 126 valence electrons. The smallest absolute Gasteiger partial charge is 0.0634 e. The van der Waals surface area contributed by atoms with Gasteiger partial charge in [0.25, 0.3) is 0 Å². The summed E-state index contributed by atoms with van der Waals surface area (Å²) < 4.78 is 2.28. The van der Waals surface area contributed by atoms with E-state index in [1.807, 2.05) is 0 Å². The molecule has 0 bridgehead atoms. The fourth-order valence-corrected chi connectivity index (χ4v) is 3.57. The van der Waals surface area contributed by atoms with Gasteiger partial charge in [0.1, 0.15) is 0 Å². The molecule has 1 aliphatic heterocycles. The SMILES string of the molecule is Cc1nn(CCN2CCNCC2)c(C(C)(C)C)c1C(C)(C)C. The van der Waals surface area contributed by atoms with Crippen LogP contribution < -0.4 is 5.32 Å². The van der Waals surface area contributed by atoms with E-state index >= 15 is 0 Å². The van der Waals surface area contributed by atoms with Gasteiger partial charge < -0.3 is 5.32 Å². The normalized spacial score (nSPS) is 18.0. The third kappa shape index (κ3) is 3.90. The van der Waals surface area contributed by atoms with Crippen LogP contribution in [0.5, 0.6) is 0 Å². The molecule has 0 spiro atoms. The summed E-state index contributed by atoms with van der Waals surface area (Å²) in [6.07, 6.45) is 0. The molecule has 4 heteroatoms. The largest absolute Gasteiger partial charge is 0.314 e. The lowest BCUT2D eigenvalue weighted by Gasteiger charge is -2.30. The van der Waals surface area contributed by atoms with Crippen LogP contribution in [0, 0.1) is 6.92 Å². The average molecular weight is 306 g/mol. The summed E-state index contributed by atoms with van der Waals surface area (Å²) in [6, 6.07) is 0. The highest BCUT2D eigenvalue weighted by molar-refractivity contribution is 5.36. The molecule has 4 nitrogen and oxygen atoms in total. The molecule has 0 amide bonds. The number of aryl methyl sites for hydroxylation is 1. The van der Waals surface area contributed by atoms with E-state index in [1.54, 1.807) is 0 Å². The molecule has 1 aromatic heterocycles. The molecule has 0 saturated carbocycles. The topological polar surface area (TPSA) is 33.1 Å². The molecular formula is C18H34N4. The average Bonchev–Trinajstić information content (AvgIpc) is 2.74. The van der Waals surface area contributed by atoms with Crippen molar-refractivity contribution in [3.05, 3.63) is 17.0 Å². The summed E-state index contributed by atoms with van der Waals surface area (Å²) in [4.78, 5) is 2.54. The van der Waals surface area contributed by atoms with E-state index in [0.717, 1.165) is 39.3 Å². The van der Waals surface area contributed by atoms with Crippen molar-refractivity contribution in [1.82, 2.24) is 20.0 Å². The molecule has 2 heterocycles. The van der Waals surface area contributed by atoms with E-state index in [-0.39, 0.29) is 10.8 Å². The Morgan fingerprint density at radius 1 is 0.955 bits per heavy atom. The van der Waals surface area contributed by atoms with E-state index in [2.05, 4.69) is 63.4 Å². The Morgan fingerprint density at radius 2 is 1.55 bits per heavy atom. The first-order valence-corrected chi connectivity index (χ1v) is 8.62. The highest BCUT2D eigenvalue weighted by Gasteiger charge is 2.32. The maximum absolute atomic E-state index is 4.90. The molecule has 0 aliphatic carbocycles. The zero-order valence-electron chi connectivity index (χ0n) is 15.6. The van der Waals surface area contributed by atoms with Crippen LogP contribution in [0.1, 0.15) is 58.5 Å². The van der Waals surface area contributed by atoms with Crippen molar-refractivity contribution in [2.75, 3.05) is 32.7 Å². The van der Waals surface area contributed by atoms with Crippen molar-refractivity contribution in [3.63, 3.8) is 0 Å². The van der Waals surface area contributed by atoms with Crippen LogP contribution in [0.25, 0.3) is 0 Å². The Kier molecular flexibility index (Phi) is 5.03. The minimum atomic E-state index is 0.118. The van der Waals surface area contributed by atoms with Crippen LogP contribution in [0.4, 0.5) is 0 Å². The van der Waals surface area contributed by atoms with Crippen molar-refractivity contribution < 1.29 is 0 Å². The Bertz CT molecular complexity index is 496. The highest BCUT2D eigenvalue weighted by Crippen LogP contribution is 2.36. The van der Waals surface area contributed by atoms with Crippen LogP contribution in [0.2, 0.25) is 0 Å². The lowest BCUT2D eigenvalue weighted by molar-refractivity contribution is 0.226. The second-order valence-electron chi connectivity index (χ2n) is 8.62. The zero-order valence-corrected chi connectivity index (χ0v) is 15.6. The lowest BCUT2D eigenvalue weighted by Crippen LogP contribution is -2.44. The third-order valence-corrected chi connectivity index (χ3v) is 4.43. The molecule has 0 aromatic carbocycles. The summed E-state index contributed by atoms with van der Waals surface area (Å²) >= 11 is 0. The number of hydrogen-bond acceptors (Lipinski definition) is 3. The number of hydrogen-bond donors (Lipinski definition) is 1. The Balaban J connectivity index is 2.27. The quantitative estimate of drug-likeness (QED) is 0.932.